The molecule has 0 aromatic carbocycles. The fourth-order valence-corrected chi connectivity index (χ4v) is 5.07. The third kappa shape index (κ3) is 3.07. The van der Waals surface area contributed by atoms with Crippen LogP contribution in [0.25, 0.3) is 0 Å². The van der Waals surface area contributed by atoms with E-state index in [-0.39, 0.29) is 17.6 Å². The van der Waals surface area contributed by atoms with Crippen molar-refractivity contribution in [2.75, 3.05) is 31.7 Å². The molecule has 1 saturated heterocycles. The van der Waals surface area contributed by atoms with Gasteiger partial charge in [0.25, 0.3) is 0 Å². The predicted molar refractivity (Wildman–Crippen MR) is 92.4 cm³/mol. The van der Waals surface area contributed by atoms with Crippen LogP contribution in [0.3, 0.4) is 0 Å². The van der Waals surface area contributed by atoms with Crippen LogP contribution in [0.4, 0.5) is 0 Å². The van der Waals surface area contributed by atoms with Crippen LogP contribution in [0.15, 0.2) is 11.4 Å². The summed E-state index contributed by atoms with van der Waals surface area (Å²) in [7, 11) is 0. The van der Waals surface area contributed by atoms with Crippen LogP contribution < -0.4 is 5.73 Å². The molecule has 4 nitrogen and oxygen atoms in total. The van der Waals surface area contributed by atoms with E-state index in [1.54, 1.807) is 23.1 Å². The lowest BCUT2D eigenvalue weighted by molar-refractivity contribution is -0.141. The number of carbonyl (C=O) groups is 1. The second-order valence-corrected chi connectivity index (χ2v) is 7.98. The topological polar surface area (TPSA) is 55.6 Å². The van der Waals surface area contributed by atoms with Crippen molar-refractivity contribution < 1.29 is 9.53 Å². The minimum absolute atomic E-state index is 0.103. The monoisotopic (exact) mass is 340 g/mol. The van der Waals surface area contributed by atoms with Crippen LogP contribution in [-0.2, 0) is 21.6 Å². The fourth-order valence-electron chi connectivity index (χ4n) is 3.42. The molecule has 1 atom stereocenters. The van der Waals surface area contributed by atoms with E-state index in [1.807, 2.05) is 11.2 Å². The Morgan fingerprint density at radius 3 is 3.05 bits per heavy atom. The molecule has 122 valence electrons. The number of thioether (sulfide) groups is 1. The molecule has 1 fully saturated rings. The summed E-state index contributed by atoms with van der Waals surface area (Å²) in [6, 6.07) is 1.87. The number of nitrogens with two attached hydrogens (primary N) is 1. The van der Waals surface area contributed by atoms with E-state index >= 15 is 0 Å². The van der Waals surface area contributed by atoms with Crippen LogP contribution >= 0.6 is 23.1 Å². The normalized spacial score (nSPS) is 21.6. The predicted octanol–water partition coefficient (Wildman–Crippen LogP) is 2.22. The van der Waals surface area contributed by atoms with Crippen LogP contribution in [-0.4, -0.2) is 48.6 Å². The summed E-state index contributed by atoms with van der Waals surface area (Å²) in [5.74, 6) is 1.04. The van der Waals surface area contributed by atoms with E-state index < -0.39 is 0 Å². The summed E-state index contributed by atoms with van der Waals surface area (Å²) < 4.78 is 6.18. The van der Waals surface area contributed by atoms with Crippen molar-refractivity contribution in [1.82, 2.24) is 4.90 Å². The first-order chi connectivity index (χ1) is 10.7. The second-order valence-electron chi connectivity index (χ2n) is 6.08. The zero-order chi connectivity index (χ0) is 15.6. The Balaban J connectivity index is 1.63. The second kappa shape index (κ2) is 6.91. The van der Waals surface area contributed by atoms with Gasteiger partial charge in [0.15, 0.2) is 0 Å². The number of amides is 1. The van der Waals surface area contributed by atoms with Gasteiger partial charge in [-0.15, -0.1) is 11.3 Å². The van der Waals surface area contributed by atoms with E-state index in [2.05, 4.69) is 11.4 Å². The number of nitrogens with zero attached hydrogens (tertiary/aromatic N) is 1. The van der Waals surface area contributed by atoms with Crippen LogP contribution in [0.2, 0.25) is 0 Å². The van der Waals surface area contributed by atoms with Gasteiger partial charge in [0.1, 0.15) is 5.60 Å². The molecule has 0 aliphatic carbocycles. The Morgan fingerprint density at radius 2 is 2.32 bits per heavy atom. The number of rotatable bonds is 4. The van der Waals surface area contributed by atoms with Crippen molar-refractivity contribution in [2.24, 2.45) is 5.73 Å². The van der Waals surface area contributed by atoms with Crippen LogP contribution in [0.1, 0.15) is 29.7 Å². The summed E-state index contributed by atoms with van der Waals surface area (Å²) >= 11 is 3.54. The minimum atomic E-state index is -0.355. The lowest BCUT2D eigenvalue weighted by Crippen LogP contribution is -2.52. The van der Waals surface area contributed by atoms with Gasteiger partial charge in [-0.3, -0.25) is 4.79 Å². The lowest BCUT2D eigenvalue weighted by atomic mass is 9.85. The van der Waals surface area contributed by atoms with Gasteiger partial charge >= 0.3 is 0 Å². The molecular weight excluding hydrogens is 316 g/mol. The molecule has 1 aromatic rings. The highest BCUT2D eigenvalue weighted by molar-refractivity contribution is 7.98. The maximum atomic E-state index is 12.4. The van der Waals surface area contributed by atoms with Gasteiger partial charge in [-0.1, -0.05) is 0 Å². The molecule has 1 spiro atoms. The summed E-state index contributed by atoms with van der Waals surface area (Å²) in [5, 5.41) is 2.16. The number of ether oxygens (including phenoxy) is 1. The lowest BCUT2D eigenvalue weighted by Gasteiger charge is -2.44. The summed E-state index contributed by atoms with van der Waals surface area (Å²) in [6.07, 6.45) is 5.60. The number of likely N-dealkylation sites (tertiary alicyclic amines) is 1. The van der Waals surface area contributed by atoms with Crippen LogP contribution in [0.5, 0.6) is 0 Å². The SMILES string of the molecule is CSCC[C@H](N)C(=O)N1CCC2(CC1)OCCc1ccsc12. The molecule has 2 aliphatic rings. The zero-order valence-corrected chi connectivity index (χ0v) is 14.7. The molecule has 3 heterocycles. The quantitative estimate of drug-likeness (QED) is 0.913. The molecule has 0 unspecified atom stereocenters. The van der Waals surface area contributed by atoms with Crippen molar-refractivity contribution >= 4 is 29.0 Å². The molecule has 0 bridgehead atoms. The Kier molecular flexibility index (Phi) is 5.12. The van der Waals surface area contributed by atoms with Gasteiger partial charge < -0.3 is 15.4 Å². The molecule has 1 aromatic heterocycles. The third-order valence-corrected chi connectivity index (χ3v) is 6.53. The highest BCUT2D eigenvalue weighted by Crippen LogP contribution is 2.44. The zero-order valence-electron chi connectivity index (χ0n) is 13.0. The van der Waals surface area contributed by atoms with E-state index in [0.717, 1.165) is 51.1 Å². The summed E-state index contributed by atoms with van der Waals surface area (Å²) in [4.78, 5) is 15.7. The number of thiophene rings is 1. The number of fused-ring (bicyclic) bond motifs is 2. The summed E-state index contributed by atoms with van der Waals surface area (Å²) in [5.41, 5.74) is 7.32. The van der Waals surface area contributed by atoms with Gasteiger partial charge in [-0.25, -0.2) is 0 Å². The van der Waals surface area contributed by atoms with Crippen molar-refractivity contribution in [3.8, 4) is 0 Å². The molecule has 1 amide bonds. The van der Waals surface area contributed by atoms with E-state index in [4.69, 9.17) is 10.5 Å². The first-order valence-electron chi connectivity index (χ1n) is 7.90. The van der Waals surface area contributed by atoms with E-state index in [9.17, 15) is 4.79 Å². The number of carbonyl (C=O) groups excluding carboxylic acids is 1. The average molecular weight is 341 g/mol. The molecule has 0 radical (unpaired) electrons. The molecule has 2 aliphatic heterocycles. The molecule has 3 rings (SSSR count). The Bertz CT molecular complexity index is 524. The minimum Gasteiger partial charge on any atom is -0.369 e. The van der Waals surface area contributed by atoms with Crippen molar-refractivity contribution in [3.63, 3.8) is 0 Å². The van der Waals surface area contributed by atoms with E-state index in [0.29, 0.717) is 0 Å². The third-order valence-electron chi connectivity index (χ3n) is 4.74. The van der Waals surface area contributed by atoms with E-state index in [1.165, 1.54) is 10.4 Å². The van der Waals surface area contributed by atoms with Gasteiger partial charge in [-0.2, -0.15) is 11.8 Å². The maximum absolute atomic E-state index is 12.4. The number of piperidine rings is 1. The molecular formula is C16H24N2O2S2. The Morgan fingerprint density at radius 1 is 1.55 bits per heavy atom. The standard InChI is InChI=1S/C16H24N2O2S2/c1-21-10-4-13(17)15(19)18-7-5-16(6-8-18)14-12(2-9-20-16)3-11-22-14/h3,11,13H,2,4-10,17H2,1H3/t13-/m0/s1. The van der Waals surface area contributed by atoms with Crippen molar-refractivity contribution in [1.29, 1.82) is 0 Å². The molecule has 0 saturated carbocycles. The van der Waals surface area contributed by atoms with Gasteiger partial charge in [0.05, 0.1) is 12.6 Å². The average Bonchev–Trinajstić information content (AvgIpc) is 3.03. The number of hydrogen-bond acceptors (Lipinski definition) is 5. The van der Waals surface area contributed by atoms with Crippen molar-refractivity contribution in [2.45, 2.75) is 37.3 Å². The van der Waals surface area contributed by atoms with Gasteiger partial charge in [0.2, 0.25) is 5.91 Å². The Hall–Kier alpha value is -0.560. The van der Waals surface area contributed by atoms with Crippen molar-refractivity contribution in [3.05, 3.63) is 21.9 Å². The smallest absolute Gasteiger partial charge is 0.239 e. The fraction of sp³-hybridized carbons (Fsp3) is 0.688. The molecule has 2 N–H and O–H groups in total. The first-order valence-corrected chi connectivity index (χ1v) is 10.2. The Labute approximate surface area is 140 Å². The van der Waals surface area contributed by atoms with Gasteiger partial charge in [-0.05, 0) is 54.7 Å². The van der Waals surface area contributed by atoms with Gasteiger partial charge in [0, 0.05) is 18.0 Å². The number of hydrogen-bond donors (Lipinski definition) is 1. The molecule has 22 heavy (non-hydrogen) atoms. The maximum Gasteiger partial charge on any atom is 0.239 e. The largest absolute Gasteiger partial charge is 0.369 e. The highest BCUT2D eigenvalue weighted by atomic mass is 32.2. The first kappa shape index (κ1) is 16.3. The van der Waals surface area contributed by atoms with Crippen LogP contribution in [0, 0.1) is 0 Å². The highest BCUT2D eigenvalue weighted by Gasteiger charge is 2.42. The summed E-state index contributed by atoms with van der Waals surface area (Å²) in [6.45, 7) is 2.30. The molecule has 6 heteroatoms.